The van der Waals surface area contributed by atoms with Gasteiger partial charge in [-0.25, -0.2) is 0 Å². The van der Waals surface area contributed by atoms with Gasteiger partial charge in [-0.1, -0.05) is 62.4 Å². The number of aliphatic carboxylic acids is 1. The number of carbonyl (C=O) groups excluding carboxylic acids is 9. The van der Waals surface area contributed by atoms with E-state index in [9.17, 15) is 58.2 Å². The van der Waals surface area contributed by atoms with Crippen LogP contribution in [0.2, 0.25) is 0 Å². The summed E-state index contributed by atoms with van der Waals surface area (Å²) in [6.07, 6.45) is -1.56. The Balaban J connectivity index is 1.73. The van der Waals surface area contributed by atoms with Gasteiger partial charge < -0.3 is 74.7 Å². The number of nitrogens with one attached hydrogen (secondary N) is 8. The maximum Gasteiger partial charge on any atom is 0.303 e. The van der Waals surface area contributed by atoms with Gasteiger partial charge in [0.2, 0.25) is 53.2 Å². The molecule has 24 heteroatoms. The molecule has 0 aliphatic rings. The Morgan fingerprint density at radius 3 is 1.84 bits per heavy atom. The summed E-state index contributed by atoms with van der Waals surface area (Å²) in [5, 5.41) is 46.9. The lowest BCUT2D eigenvalue weighted by atomic mass is 10.0. The Morgan fingerprint density at radius 2 is 1.24 bits per heavy atom. The number of aliphatic hydroxyl groups excluding tert-OH is 2. The van der Waals surface area contributed by atoms with Gasteiger partial charge in [-0.15, -0.1) is 0 Å². The molecule has 3 aromatic rings. The van der Waals surface area contributed by atoms with Crippen molar-refractivity contribution in [1.29, 1.82) is 0 Å². The van der Waals surface area contributed by atoms with E-state index >= 15 is 0 Å². The van der Waals surface area contributed by atoms with Gasteiger partial charge >= 0.3 is 5.97 Å². The molecule has 17 N–H and O–H groups in total. The highest BCUT2D eigenvalue weighted by atomic mass is 16.4. The molecule has 8 atom stereocenters. The second kappa shape index (κ2) is 26.6. The zero-order chi connectivity index (χ0) is 50.7. The van der Waals surface area contributed by atoms with E-state index in [1.807, 2.05) is 18.2 Å². The number of carboxylic acids is 1. The Kier molecular flexibility index (Phi) is 21.5. The maximum absolute atomic E-state index is 13.9. The molecule has 0 saturated carbocycles. The molecule has 2 aromatic carbocycles. The Labute approximate surface area is 390 Å². The van der Waals surface area contributed by atoms with Crippen LogP contribution in [0.25, 0.3) is 10.9 Å². The van der Waals surface area contributed by atoms with Crippen molar-refractivity contribution in [3.05, 3.63) is 71.9 Å². The zero-order valence-corrected chi connectivity index (χ0v) is 37.8. The fraction of sp³-hybridized carbons (Fsp3) is 0.455. The summed E-state index contributed by atoms with van der Waals surface area (Å²) in [4.78, 5) is 132. The quantitative estimate of drug-likeness (QED) is 0.0330. The van der Waals surface area contributed by atoms with Crippen molar-refractivity contribution >= 4 is 70.0 Å². The first kappa shape index (κ1) is 54.9. The molecule has 370 valence electrons. The summed E-state index contributed by atoms with van der Waals surface area (Å²) < 4.78 is 0. The average Bonchev–Trinajstić information content (AvgIpc) is 3.69. The number of carbonyl (C=O) groups is 10. The molecule has 68 heavy (non-hydrogen) atoms. The van der Waals surface area contributed by atoms with Crippen molar-refractivity contribution in [3.8, 4) is 0 Å². The SMILES string of the molecule is CC(C)C[C@H](NC(=O)[C@@H](N)CCC(=O)O)C(=O)N[C@@H](CC(N)=O)C(=O)N[C@@H](Cc1ccccc1)C(=O)N[C@@H](CO)C(=O)N[C@H](C(=O)NCC(=O)N[C@@H](Cc1c[nH]c2ccccc12)C(N)=O)[C@@H](C)O. The number of para-hydroxylation sites is 1. The fourth-order valence-corrected chi connectivity index (χ4v) is 6.80. The number of hydrogen-bond acceptors (Lipinski definition) is 13. The number of benzene rings is 2. The molecule has 0 spiro atoms. The summed E-state index contributed by atoms with van der Waals surface area (Å²) in [7, 11) is 0. The molecule has 9 amide bonds. The lowest BCUT2D eigenvalue weighted by molar-refractivity contribution is -0.138. The van der Waals surface area contributed by atoms with Gasteiger partial charge in [0.1, 0.15) is 36.3 Å². The Bertz CT molecular complexity index is 2270. The van der Waals surface area contributed by atoms with Gasteiger partial charge in [-0.05, 0) is 42.9 Å². The van der Waals surface area contributed by atoms with Crippen LogP contribution in [0.15, 0.2) is 60.8 Å². The highest BCUT2D eigenvalue weighted by Gasteiger charge is 2.35. The molecule has 0 aliphatic heterocycles. The molecular formula is C44H61N11O13. The molecule has 0 unspecified atom stereocenters. The molecule has 24 nitrogen and oxygen atoms in total. The van der Waals surface area contributed by atoms with E-state index in [1.54, 1.807) is 56.4 Å². The van der Waals surface area contributed by atoms with E-state index in [-0.39, 0.29) is 31.6 Å². The highest BCUT2D eigenvalue weighted by Crippen LogP contribution is 2.19. The number of amides is 9. The molecule has 3 rings (SSSR count). The number of aromatic amines is 1. The number of aliphatic hydroxyl groups is 2. The zero-order valence-electron chi connectivity index (χ0n) is 37.8. The second-order valence-electron chi connectivity index (χ2n) is 16.5. The number of aromatic nitrogens is 1. The monoisotopic (exact) mass is 951 g/mol. The molecule has 1 aromatic heterocycles. The fourth-order valence-electron chi connectivity index (χ4n) is 6.80. The van der Waals surface area contributed by atoms with E-state index in [1.165, 1.54) is 0 Å². The summed E-state index contributed by atoms with van der Waals surface area (Å²) in [6, 6.07) is 4.81. The van der Waals surface area contributed by atoms with Crippen LogP contribution in [-0.2, 0) is 60.8 Å². The lowest BCUT2D eigenvalue weighted by Crippen LogP contribution is -2.61. The number of hydrogen-bond donors (Lipinski definition) is 14. The highest BCUT2D eigenvalue weighted by molar-refractivity contribution is 5.99. The third-order valence-corrected chi connectivity index (χ3v) is 10.4. The molecule has 0 aliphatic carbocycles. The van der Waals surface area contributed by atoms with Gasteiger partial charge in [0.05, 0.1) is 31.7 Å². The van der Waals surface area contributed by atoms with Crippen molar-refractivity contribution in [2.45, 2.75) is 108 Å². The van der Waals surface area contributed by atoms with Crippen LogP contribution in [-0.4, -0.2) is 141 Å². The van der Waals surface area contributed by atoms with Gasteiger partial charge in [-0.3, -0.25) is 47.9 Å². The molecule has 0 saturated heterocycles. The molecule has 0 bridgehead atoms. The predicted molar refractivity (Wildman–Crippen MR) is 243 cm³/mol. The number of nitrogens with two attached hydrogens (primary N) is 3. The van der Waals surface area contributed by atoms with Crippen LogP contribution >= 0.6 is 0 Å². The van der Waals surface area contributed by atoms with Crippen molar-refractivity contribution < 1.29 is 63.3 Å². The van der Waals surface area contributed by atoms with Gasteiger partial charge in [0, 0.05) is 36.4 Å². The van der Waals surface area contributed by atoms with Crippen LogP contribution in [0.5, 0.6) is 0 Å². The van der Waals surface area contributed by atoms with Crippen LogP contribution in [0, 0.1) is 5.92 Å². The molecule has 1 heterocycles. The van der Waals surface area contributed by atoms with Gasteiger partial charge in [0.15, 0.2) is 0 Å². The molecule has 0 fully saturated rings. The number of carboxylic acid groups (broad SMARTS) is 1. The molecular weight excluding hydrogens is 891 g/mol. The minimum Gasteiger partial charge on any atom is -0.481 e. The largest absolute Gasteiger partial charge is 0.481 e. The first-order chi connectivity index (χ1) is 32.1. The van der Waals surface area contributed by atoms with Gasteiger partial charge in [-0.2, -0.15) is 0 Å². The predicted octanol–water partition coefficient (Wildman–Crippen LogP) is -4.05. The van der Waals surface area contributed by atoms with E-state index < -0.39 is 134 Å². The minimum atomic E-state index is -1.81. The van der Waals surface area contributed by atoms with Crippen LogP contribution in [0.1, 0.15) is 57.6 Å². The van der Waals surface area contributed by atoms with Crippen molar-refractivity contribution in [3.63, 3.8) is 0 Å². The topological polar surface area (TPSA) is 409 Å². The summed E-state index contributed by atoms with van der Waals surface area (Å²) in [5.74, 6) is -10.3. The first-order valence-electron chi connectivity index (χ1n) is 21.6. The number of primary amides is 2. The van der Waals surface area contributed by atoms with Crippen LogP contribution in [0.4, 0.5) is 0 Å². The number of fused-ring (bicyclic) bond motifs is 1. The van der Waals surface area contributed by atoms with E-state index in [0.717, 1.165) is 17.8 Å². The summed E-state index contributed by atoms with van der Waals surface area (Å²) >= 11 is 0. The minimum absolute atomic E-state index is 0.0230. The third-order valence-electron chi connectivity index (χ3n) is 10.4. The normalized spacial score (nSPS) is 14.6. The summed E-state index contributed by atoms with van der Waals surface area (Å²) in [6.45, 7) is 2.83. The van der Waals surface area contributed by atoms with E-state index in [4.69, 9.17) is 22.3 Å². The second-order valence-corrected chi connectivity index (χ2v) is 16.5. The van der Waals surface area contributed by atoms with Crippen LogP contribution in [0.3, 0.4) is 0 Å². The first-order valence-corrected chi connectivity index (χ1v) is 21.6. The summed E-state index contributed by atoms with van der Waals surface area (Å²) in [5.41, 5.74) is 18.8. The maximum atomic E-state index is 13.9. The van der Waals surface area contributed by atoms with E-state index in [0.29, 0.717) is 11.1 Å². The lowest BCUT2D eigenvalue weighted by Gasteiger charge is -2.27. The smallest absolute Gasteiger partial charge is 0.303 e. The third kappa shape index (κ3) is 17.7. The number of H-pyrrole nitrogens is 1. The average molecular weight is 952 g/mol. The van der Waals surface area contributed by atoms with Crippen molar-refractivity contribution in [2.75, 3.05) is 13.2 Å². The van der Waals surface area contributed by atoms with E-state index in [2.05, 4.69) is 42.2 Å². The Hall–Kier alpha value is -7.44. The van der Waals surface area contributed by atoms with Crippen molar-refractivity contribution in [1.82, 2.24) is 42.2 Å². The van der Waals surface area contributed by atoms with Crippen molar-refractivity contribution in [2.24, 2.45) is 23.1 Å². The standard InChI is InChI=1S/C44H61N11O13/c1-22(2)15-30(51-39(63)27(45)13-14-36(60)61)40(64)53-32(18-34(46)58)42(66)52-31(16-24-9-5-4-6-10-24)41(65)54-33(21-56)43(67)55-37(23(3)57)44(68)49-20-35(59)50-29(38(47)62)17-25-19-48-28-12-8-7-11-26(25)28/h4-12,19,22-23,27,29-33,37,48,56-57H,13-18,20-21,45H2,1-3H3,(H2,46,58)(H2,47,62)(H,49,68)(H,50,59)(H,51,63)(H,52,66)(H,53,64)(H,54,65)(H,55,67)(H,60,61)/t23-,27+,29+,30+,31+,32+,33+,37+/m1/s1. The van der Waals surface area contributed by atoms with Gasteiger partial charge in [0.25, 0.3) is 0 Å². The number of rotatable bonds is 28. The Morgan fingerprint density at radius 1 is 0.662 bits per heavy atom. The molecule has 0 radical (unpaired) electrons. The van der Waals surface area contributed by atoms with Crippen LogP contribution < -0.4 is 54.4 Å².